The number of unbranched alkanes of at least 4 members (excludes halogenated alkanes) is 7. The van der Waals surface area contributed by atoms with Crippen molar-refractivity contribution >= 4 is 0 Å². The van der Waals surface area contributed by atoms with Crippen molar-refractivity contribution in [3.8, 4) is 0 Å². The number of hydrogen-bond donors (Lipinski definition) is 0. The molecule has 0 bridgehead atoms. The van der Waals surface area contributed by atoms with Crippen LogP contribution in [0, 0.1) is 23.7 Å². The second kappa shape index (κ2) is 14.0. The van der Waals surface area contributed by atoms with Crippen LogP contribution in [0.4, 0.5) is 0 Å². The van der Waals surface area contributed by atoms with Crippen molar-refractivity contribution in [2.45, 2.75) is 123 Å². The smallest absolute Gasteiger partial charge is 0.0494 e. The van der Waals surface area contributed by atoms with Crippen LogP contribution in [0.25, 0.3) is 0 Å². The first kappa shape index (κ1) is 22.3. The van der Waals surface area contributed by atoms with Gasteiger partial charge >= 0.3 is 0 Å². The van der Waals surface area contributed by atoms with Crippen molar-refractivity contribution < 1.29 is 4.74 Å². The zero-order valence-electron chi connectivity index (χ0n) is 18.2. The van der Waals surface area contributed by atoms with Gasteiger partial charge in [-0.25, -0.2) is 0 Å². The predicted molar refractivity (Wildman–Crippen MR) is 115 cm³/mol. The van der Waals surface area contributed by atoms with E-state index in [0.29, 0.717) is 0 Å². The predicted octanol–water partition coefficient (Wildman–Crippen LogP) is 8.17. The fourth-order valence-corrected chi connectivity index (χ4v) is 5.63. The minimum Gasteiger partial charge on any atom is -0.381 e. The largest absolute Gasteiger partial charge is 0.381 e. The summed E-state index contributed by atoms with van der Waals surface area (Å²) in [6.45, 7) is 6.34. The molecule has 26 heavy (non-hydrogen) atoms. The Kier molecular flexibility index (Phi) is 12.0. The number of hydrogen-bond acceptors (Lipinski definition) is 1. The van der Waals surface area contributed by atoms with E-state index in [1.165, 1.54) is 83.5 Å². The molecule has 0 radical (unpaired) electrons. The maximum absolute atomic E-state index is 5.65. The highest BCUT2D eigenvalue weighted by Crippen LogP contribution is 2.42. The maximum Gasteiger partial charge on any atom is 0.0494 e. The maximum atomic E-state index is 5.65. The summed E-state index contributed by atoms with van der Waals surface area (Å²) in [5.41, 5.74) is 0. The molecule has 0 heterocycles. The Balaban J connectivity index is 1.46. The van der Waals surface area contributed by atoms with Gasteiger partial charge in [-0.2, -0.15) is 0 Å². The lowest BCUT2D eigenvalue weighted by Crippen LogP contribution is -2.27. The van der Waals surface area contributed by atoms with Gasteiger partial charge in [0.1, 0.15) is 0 Å². The van der Waals surface area contributed by atoms with E-state index in [-0.39, 0.29) is 0 Å². The van der Waals surface area contributed by atoms with Gasteiger partial charge in [0.05, 0.1) is 0 Å². The first-order chi connectivity index (χ1) is 12.8. The lowest BCUT2D eigenvalue weighted by Gasteiger charge is -2.38. The molecular weight excluding hydrogens is 316 g/mol. The average Bonchev–Trinajstić information content (AvgIpc) is 2.69. The zero-order valence-corrected chi connectivity index (χ0v) is 18.2. The Hall–Kier alpha value is -0.0400. The van der Waals surface area contributed by atoms with Crippen LogP contribution in [0.5, 0.6) is 0 Å². The van der Waals surface area contributed by atoms with E-state index in [9.17, 15) is 0 Å². The first-order valence-corrected chi connectivity index (χ1v) is 12.4. The molecule has 1 heteroatoms. The fourth-order valence-electron chi connectivity index (χ4n) is 5.63. The van der Waals surface area contributed by atoms with Crippen molar-refractivity contribution in [2.24, 2.45) is 23.7 Å². The summed E-state index contributed by atoms with van der Waals surface area (Å²) in [5, 5.41) is 0. The van der Waals surface area contributed by atoms with E-state index in [1.54, 1.807) is 25.7 Å². The average molecular weight is 365 g/mol. The summed E-state index contributed by atoms with van der Waals surface area (Å²) in [4.78, 5) is 0. The fraction of sp³-hybridized carbons (Fsp3) is 1.00. The molecule has 1 nitrogen and oxygen atoms in total. The van der Waals surface area contributed by atoms with Gasteiger partial charge in [-0.1, -0.05) is 77.6 Å². The van der Waals surface area contributed by atoms with Crippen molar-refractivity contribution in [1.29, 1.82) is 0 Å². The van der Waals surface area contributed by atoms with Crippen LogP contribution in [0.1, 0.15) is 123 Å². The molecule has 0 aromatic rings. The second-order valence-corrected chi connectivity index (χ2v) is 9.48. The lowest BCUT2D eigenvalue weighted by atomic mass is 9.69. The summed E-state index contributed by atoms with van der Waals surface area (Å²) < 4.78 is 5.65. The summed E-state index contributed by atoms with van der Waals surface area (Å²) >= 11 is 0. The Bertz CT molecular complexity index is 310. The van der Waals surface area contributed by atoms with E-state index in [0.717, 1.165) is 36.9 Å². The van der Waals surface area contributed by atoms with Gasteiger partial charge in [-0.3, -0.25) is 0 Å². The molecule has 0 saturated heterocycles. The highest BCUT2D eigenvalue weighted by molar-refractivity contribution is 4.82. The van der Waals surface area contributed by atoms with Gasteiger partial charge in [0, 0.05) is 13.2 Å². The highest BCUT2D eigenvalue weighted by atomic mass is 16.5. The molecule has 2 aliphatic carbocycles. The van der Waals surface area contributed by atoms with Crippen LogP contribution in [0.2, 0.25) is 0 Å². The van der Waals surface area contributed by atoms with Gasteiger partial charge in [-0.15, -0.1) is 0 Å². The SMILES string of the molecule is CCCCCCCCCCC1CCC(C2CCC(COCC)CC2)CC1. The summed E-state index contributed by atoms with van der Waals surface area (Å²) in [5.74, 6) is 4.06. The zero-order chi connectivity index (χ0) is 18.5. The minimum atomic E-state index is 0.865. The van der Waals surface area contributed by atoms with Crippen LogP contribution in [-0.4, -0.2) is 13.2 Å². The van der Waals surface area contributed by atoms with Crippen LogP contribution >= 0.6 is 0 Å². The van der Waals surface area contributed by atoms with E-state index in [4.69, 9.17) is 4.74 Å². The normalized spacial score (nSPS) is 29.8. The number of rotatable bonds is 13. The molecule has 0 amide bonds. The van der Waals surface area contributed by atoms with Crippen molar-refractivity contribution in [3.05, 3.63) is 0 Å². The monoisotopic (exact) mass is 364 g/mol. The van der Waals surface area contributed by atoms with Crippen molar-refractivity contribution in [1.82, 2.24) is 0 Å². The molecule has 2 saturated carbocycles. The standard InChI is InChI=1S/C25H48O/c1-3-5-6-7-8-9-10-11-12-22-13-17-24(18-14-22)25-19-15-23(16-20-25)21-26-4-2/h22-25H,3-21H2,1-2H3. The minimum absolute atomic E-state index is 0.865. The summed E-state index contributed by atoms with van der Waals surface area (Å²) in [7, 11) is 0. The Morgan fingerprint density at radius 3 is 1.62 bits per heavy atom. The summed E-state index contributed by atoms with van der Waals surface area (Å²) in [6.07, 6.45) is 25.3. The van der Waals surface area contributed by atoms with E-state index < -0.39 is 0 Å². The molecule has 0 aliphatic heterocycles. The Labute approximate surface area is 165 Å². The van der Waals surface area contributed by atoms with Crippen molar-refractivity contribution in [3.63, 3.8) is 0 Å². The van der Waals surface area contributed by atoms with Crippen LogP contribution in [-0.2, 0) is 4.74 Å². The van der Waals surface area contributed by atoms with Gasteiger partial charge in [0.2, 0.25) is 0 Å². The van der Waals surface area contributed by atoms with Gasteiger partial charge in [0.25, 0.3) is 0 Å². The molecular formula is C25H48O. The topological polar surface area (TPSA) is 9.23 Å². The Morgan fingerprint density at radius 2 is 1.08 bits per heavy atom. The third kappa shape index (κ3) is 8.77. The molecule has 0 atom stereocenters. The van der Waals surface area contributed by atoms with Crippen molar-refractivity contribution in [2.75, 3.05) is 13.2 Å². The molecule has 154 valence electrons. The van der Waals surface area contributed by atoms with Gasteiger partial charge in [-0.05, 0) is 69.1 Å². The van der Waals surface area contributed by atoms with E-state index >= 15 is 0 Å². The molecule has 0 spiro atoms. The highest BCUT2D eigenvalue weighted by Gasteiger charge is 2.30. The third-order valence-corrected chi connectivity index (χ3v) is 7.47. The molecule has 2 rings (SSSR count). The summed E-state index contributed by atoms with van der Waals surface area (Å²) in [6, 6.07) is 0. The van der Waals surface area contributed by atoms with E-state index in [2.05, 4.69) is 13.8 Å². The van der Waals surface area contributed by atoms with Crippen LogP contribution in [0.15, 0.2) is 0 Å². The molecule has 2 aliphatic rings. The molecule has 0 unspecified atom stereocenters. The van der Waals surface area contributed by atoms with Gasteiger partial charge in [0.15, 0.2) is 0 Å². The van der Waals surface area contributed by atoms with E-state index in [1.807, 2.05) is 0 Å². The quantitative estimate of drug-likeness (QED) is 0.299. The molecule has 0 aromatic heterocycles. The Morgan fingerprint density at radius 1 is 0.577 bits per heavy atom. The number of ether oxygens (including phenoxy) is 1. The third-order valence-electron chi connectivity index (χ3n) is 7.47. The van der Waals surface area contributed by atoms with Gasteiger partial charge < -0.3 is 4.74 Å². The van der Waals surface area contributed by atoms with Crippen LogP contribution < -0.4 is 0 Å². The lowest BCUT2D eigenvalue weighted by molar-refractivity contribution is 0.0710. The molecule has 2 fully saturated rings. The first-order valence-electron chi connectivity index (χ1n) is 12.4. The second-order valence-electron chi connectivity index (χ2n) is 9.48. The molecule has 0 aromatic carbocycles. The molecule has 0 N–H and O–H groups in total. The van der Waals surface area contributed by atoms with Crippen LogP contribution in [0.3, 0.4) is 0 Å².